The molecule has 2 fully saturated rings. The van der Waals surface area contributed by atoms with Gasteiger partial charge in [0.1, 0.15) is 5.75 Å². The largest absolute Gasteiger partial charge is 0.507 e. The summed E-state index contributed by atoms with van der Waals surface area (Å²) < 4.78 is 18.8. The van der Waals surface area contributed by atoms with Crippen molar-refractivity contribution in [2.45, 2.75) is 71.3 Å². The van der Waals surface area contributed by atoms with Gasteiger partial charge in [0.05, 0.1) is 31.7 Å². The summed E-state index contributed by atoms with van der Waals surface area (Å²) in [6.45, 7) is 10.6. The number of aryl methyl sites for hydroxylation is 2. The number of rotatable bonds is 10. The molecule has 0 aromatic heterocycles. The van der Waals surface area contributed by atoms with Crippen LogP contribution in [0.25, 0.3) is 11.6 Å². The third kappa shape index (κ3) is 7.64. The van der Waals surface area contributed by atoms with Crippen molar-refractivity contribution in [3.05, 3.63) is 137 Å². The zero-order chi connectivity index (χ0) is 41.4. The molecular weight excluding hydrogens is 745 g/mol. The van der Waals surface area contributed by atoms with E-state index < -0.39 is 57.2 Å². The molecule has 0 bridgehead atoms. The molecule has 0 saturated carbocycles. The van der Waals surface area contributed by atoms with Crippen LogP contribution in [0.4, 0.5) is 4.79 Å². The number of carbonyl (C=O) groups excluding carboxylic acids is 3. The number of aromatic hydroxyl groups is 1. The van der Waals surface area contributed by atoms with Gasteiger partial charge in [0.2, 0.25) is 11.8 Å². The average molecular weight is 798 g/mol. The Labute approximate surface area is 342 Å². The fourth-order valence-electron chi connectivity index (χ4n) is 9.64. The summed E-state index contributed by atoms with van der Waals surface area (Å²) >= 11 is 0. The van der Waals surface area contributed by atoms with Crippen molar-refractivity contribution in [3.63, 3.8) is 0 Å². The lowest BCUT2D eigenvalue weighted by Gasteiger charge is -2.46. The van der Waals surface area contributed by atoms with Crippen molar-refractivity contribution < 1.29 is 38.3 Å². The van der Waals surface area contributed by atoms with Crippen molar-refractivity contribution in [1.82, 2.24) is 4.90 Å². The minimum Gasteiger partial charge on any atom is -0.507 e. The van der Waals surface area contributed by atoms with E-state index in [0.717, 1.165) is 56.5 Å². The van der Waals surface area contributed by atoms with Crippen LogP contribution in [0.1, 0.15) is 62.3 Å². The fraction of sp³-hybridized carbons (Fsp3) is 0.340. The highest BCUT2D eigenvalue weighted by Gasteiger charge is 2.60. The van der Waals surface area contributed by atoms with Gasteiger partial charge < -0.3 is 23.9 Å². The summed E-state index contributed by atoms with van der Waals surface area (Å²) in [5.41, 5.74) is 6.30. The Kier molecular flexibility index (Phi) is 11.8. The van der Waals surface area contributed by atoms with Crippen LogP contribution in [-0.4, -0.2) is 68.2 Å². The van der Waals surface area contributed by atoms with E-state index in [1.54, 1.807) is 0 Å². The summed E-state index contributed by atoms with van der Waals surface area (Å²) in [5.74, 6) is -3.16. The maximum absolute atomic E-state index is 14.1. The number of imide groups is 3. The topological polar surface area (TPSA) is 123 Å². The molecule has 7 rings (SSSR count). The molecular formula is C47H52BNO8Si. The van der Waals surface area contributed by atoms with Crippen LogP contribution >= 0.6 is 0 Å². The molecule has 11 heteroatoms. The molecule has 4 aromatic carbocycles. The van der Waals surface area contributed by atoms with E-state index >= 15 is 0 Å². The van der Waals surface area contributed by atoms with Gasteiger partial charge in [0.25, 0.3) is 8.32 Å². The maximum Gasteiger partial charge on any atom is 0.455 e. The molecule has 2 heterocycles. The predicted molar refractivity (Wildman–Crippen MR) is 229 cm³/mol. The number of hydrogen-bond donors (Lipinski definition) is 2. The Morgan fingerprint density at radius 3 is 2.02 bits per heavy atom. The lowest BCUT2D eigenvalue weighted by atomic mass is 9.58. The molecule has 300 valence electrons. The molecule has 0 unspecified atom stereocenters. The van der Waals surface area contributed by atoms with Crippen LogP contribution in [-0.2, 0) is 23.4 Å². The summed E-state index contributed by atoms with van der Waals surface area (Å²) in [5, 5.41) is 23.7. The van der Waals surface area contributed by atoms with Gasteiger partial charge >= 0.3 is 13.2 Å². The normalized spacial score (nSPS) is 21.3. The number of ether oxygens (including phenoxy) is 1. The van der Waals surface area contributed by atoms with Gasteiger partial charge in [0, 0.05) is 0 Å². The molecule has 3 aliphatic rings. The van der Waals surface area contributed by atoms with Crippen molar-refractivity contribution >= 4 is 55.4 Å². The van der Waals surface area contributed by atoms with Crippen LogP contribution in [0.3, 0.4) is 0 Å². The minimum atomic E-state index is -3.05. The van der Waals surface area contributed by atoms with Crippen molar-refractivity contribution in [2.24, 2.45) is 17.8 Å². The Balaban J connectivity index is 1.33. The standard InChI is InChI=1S/C47H52BNO8Si/c1-30-24-32(25-31(2)43(30)50)26-34(33-16-10-7-11-17-33)22-23-40-41-35(27-38-42(39(41)28-48(54)57-40)45(52)49(44(38)51)46(53)55-6)29-56-58(47(3,4)5,36-18-12-8-13-19-36)37-20-14-9-15-21-37/h7-21,24-26,38-40,42,50,54H,22-23,27-29H2,1-6H3/b34-26-/t38-,39+,40-,42-/m1/s1. The van der Waals surface area contributed by atoms with E-state index in [-0.39, 0.29) is 30.1 Å². The number of phenolic OH excluding ortho intramolecular Hbond substituents is 1. The first-order chi connectivity index (χ1) is 27.7. The SMILES string of the molecule is COC(=O)N1C(=O)[C@@H]2[C@@H](CC(CO[Si](c3ccccc3)(c3ccccc3)C(C)(C)C)=C3[C@@H](CC/C(=C/c4cc(C)c(O)c(C)c4)c4ccccc4)OB(O)C[C@@H]32)C1=O. The Hall–Kier alpha value is -5.07. The summed E-state index contributed by atoms with van der Waals surface area (Å²) in [6.07, 6.45) is 1.82. The van der Waals surface area contributed by atoms with Crippen LogP contribution < -0.4 is 10.4 Å². The molecule has 2 saturated heterocycles. The van der Waals surface area contributed by atoms with Gasteiger partial charge in [-0.2, -0.15) is 4.90 Å². The monoisotopic (exact) mass is 797 g/mol. The highest BCUT2D eigenvalue weighted by molar-refractivity contribution is 6.99. The number of likely N-dealkylation sites (tertiary alicyclic amines) is 1. The number of methoxy groups -OCH3 is 1. The van der Waals surface area contributed by atoms with E-state index in [9.17, 15) is 24.5 Å². The van der Waals surface area contributed by atoms with Crippen LogP contribution in [0.2, 0.25) is 11.4 Å². The fourth-order valence-corrected chi connectivity index (χ4v) is 14.2. The Morgan fingerprint density at radius 2 is 1.47 bits per heavy atom. The molecule has 9 nitrogen and oxygen atoms in total. The number of hydrogen-bond acceptors (Lipinski definition) is 8. The second-order valence-corrected chi connectivity index (χ2v) is 21.1. The molecule has 4 aromatic rings. The number of phenols is 1. The third-order valence-corrected chi connectivity index (χ3v) is 17.2. The quantitative estimate of drug-likeness (QED) is 0.0734. The average Bonchev–Trinajstić information content (AvgIpc) is 3.47. The molecule has 1 aliphatic carbocycles. The van der Waals surface area contributed by atoms with E-state index in [0.29, 0.717) is 17.7 Å². The van der Waals surface area contributed by atoms with E-state index in [1.807, 2.05) is 80.6 Å². The van der Waals surface area contributed by atoms with Gasteiger partial charge in [0.15, 0.2) is 0 Å². The van der Waals surface area contributed by atoms with Crippen LogP contribution in [0, 0.1) is 31.6 Å². The second kappa shape index (κ2) is 16.7. The van der Waals surface area contributed by atoms with Gasteiger partial charge in [-0.1, -0.05) is 118 Å². The lowest BCUT2D eigenvalue weighted by Crippen LogP contribution is -2.66. The zero-order valence-corrected chi connectivity index (χ0v) is 35.1. The first kappa shape index (κ1) is 41.1. The minimum absolute atomic E-state index is 0.0944. The van der Waals surface area contributed by atoms with Gasteiger partial charge in [-0.3, -0.25) is 9.59 Å². The second-order valence-electron chi connectivity index (χ2n) is 16.8. The predicted octanol–water partition coefficient (Wildman–Crippen LogP) is 7.47. The van der Waals surface area contributed by atoms with Crippen molar-refractivity contribution in [2.75, 3.05) is 13.7 Å². The Bertz CT molecular complexity index is 2170. The van der Waals surface area contributed by atoms with Gasteiger partial charge in [-0.05, 0) is 112 Å². The van der Waals surface area contributed by atoms with Crippen molar-refractivity contribution in [1.29, 1.82) is 0 Å². The van der Waals surface area contributed by atoms with Crippen LogP contribution in [0.5, 0.6) is 5.75 Å². The lowest BCUT2D eigenvalue weighted by molar-refractivity contribution is -0.137. The molecule has 4 atom stereocenters. The first-order valence-electron chi connectivity index (χ1n) is 20.1. The number of benzene rings is 4. The van der Waals surface area contributed by atoms with E-state index in [4.69, 9.17) is 13.8 Å². The number of carbonyl (C=O) groups is 3. The van der Waals surface area contributed by atoms with Crippen LogP contribution in [0.15, 0.2) is 114 Å². The zero-order valence-electron chi connectivity index (χ0n) is 34.1. The van der Waals surface area contributed by atoms with Gasteiger partial charge in [-0.25, -0.2) is 4.79 Å². The number of fused-ring (bicyclic) bond motifs is 3. The van der Waals surface area contributed by atoms with Crippen molar-refractivity contribution in [3.8, 4) is 5.75 Å². The summed E-state index contributed by atoms with van der Waals surface area (Å²) in [6, 6.07) is 34.7. The molecule has 3 amide bonds. The summed E-state index contributed by atoms with van der Waals surface area (Å²) in [4.78, 5) is 41.6. The molecule has 0 spiro atoms. The molecule has 2 N–H and O–H groups in total. The third-order valence-electron chi connectivity index (χ3n) is 12.2. The number of allylic oxidation sites excluding steroid dienone is 1. The van der Waals surface area contributed by atoms with Gasteiger partial charge in [-0.15, -0.1) is 0 Å². The molecule has 0 radical (unpaired) electrons. The Morgan fingerprint density at radius 1 is 0.897 bits per heavy atom. The van der Waals surface area contributed by atoms with E-state index in [2.05, 4.69) is 63.2 Å². The summed E-state index contributed by atoms with van der Waals surface area (Å²) in [7, 11) is -3.09. The number of amides is 3. The first-order valence-corrected chi connectivity index (χ1v) is 22.0. The molecule has 58 heavy (non-hydrogen) atoms. The number of nitrogens with zero attached hydrogens (tertiary/aromatic N) is 1. The smallest absolute Gasteiger partial charge is 0.455 e. The highest BCUT2D eigenvalue weighted by Crippen LogP contribution is 2.51. The van der Waals surface area contributed by atoms with E-state index in [1.165, 1.54) is 0 Å². The maximum atomic E-state index is 14.1. The molecule has 2 aliphatic heterocycles. The highest BCUT2D eigenvalue weighted by atomic mass is 28.4.